The summed E-state index contributed by atoms with van der Waals surface area (Å²) in [6.07, 6.45) is 0. The quantitative estimate of drug-likeness (QED) is 0.436. The Morgan fingerprint density at radius 2 is 1.74 bits per heavy atom. The molecule has 34 heavy (non-hydrogen) atoms. The van der Waals surface area contributed by atoms with Crippen molar-refractivity contribution in [3.8, 4) is 17.6 Å². The lowest BCUT2D eigenvalue weighted by atomic mass is 9.84. The zero-order chi connectivity index (χ0) is 25.5. The number of benzene rings is 2. The number of methoxy groups -OCH3 is 1. The van der Waals surface area contributed by atoms with Gasteiger partial charge in [-0.2, -0.15) is 0 Å². The number of rotatable bonds is 4. The zero-order valence-corrected chi connectivity index (χ0v) is 22.0. The second-order valence-corrected chi connectivity index (χ2v) is 12.6. The minimum absolute atomic E-state index is 0.209. The van der Waals surface area contributed by atoms with Crippen LogP contribution in [0.4, 0.5) is 0 Å². The van der Waals surface area contributed by atoms with Crippen LogP contribution in [0.2, 0.25) is 5.02 Å². The molecule has 2 aromatic carbocycles. The molecule has 0 amide bonds. The summed E-state index contributed by atoms with van der Waals surface area (Å²) < 4.78 is 41.9. The van der Waals surface area contributed by atoms with Crippen LogP contribution < -0.4 is 4.74 Å². The lowest BCUT2D eigenvalue weighted by molar-refractivity contribution is -0.157. The Bertz CT molecular complexity index is 1290. The summed E-state index contributed by atoms with van der Waals surface area (Å²) in [4.78, 5) is 12.2. The smallest absolute Gasteiger partial charge is 0.344 e. The van der Waals surface area contributed by atoms with Crippen LogP contribution in [0.15, 0.2) is 41.3 Å². The second kappa shape index (κ2) is 8.92. The van der Waals surface area contributed by atoms with Gasteiger partial charge >= 0.3 is 5.97 Å². The summed E-state index contributed by atoms with van der Waals surface area (Å²) >= 11 is 6.13. The fraction of sp³-hybridized carbons (Fsp3) is 0.423. The highest BCUT2D eigenvalue weighted by atomic mass is 35.5. The minimum Gasteiger partial charge on any atom is -0.481 e. The first-order valence-corrected chi connectivity index (χ1v) is 12.6. The van der Waals surface area contributed by atoms with Crippen molar-refractivity contribution in [1.29, 1.82) is 0 Å². The molecule has 0 aliphatic carbocycles. The first-order valence-electron chi connectivity index (χ1n) is 10.7. The number of sulfone groups is 1. The van der Waals surface area contributed by atoms with E-state index in [0.717, 1.165) is 0 Å². The van der Waals surface area contributed by atoms with Gasteiger partial charge in [0.15, 0.2) is 16.4 Å². The number of hydrogen-bond donors (Lipinski definition) is 0. The third kappa shape index (κ3) is 4.68. The number of carbonyl (C=O) groups excluding carboxylic acids is 1. The van der Waals surface area contributed by atoms with Gasteiger partial charge in [-0.1, -0.05) is 29.5 Å². The van der Waals surface area contributed by atoms with Crippen molar-refractivity contribution in [3.05, 3.63) is 58.1 Å². The van der Waals surface area contributed by atoms with Crippen LogP contribution in [-0.2, 0) is 29.7 Å². The summed E-state index contributed by atoms with van der Waals surface area (Å²) in [6.45, 7) is 10.2. The summed E-state index contributed by atoms with van der Waals surface area (Å²) in [5.41, 5.74) is -0.0274. The van der Waals surface area contributed by atoms with Crippen molar-refractivity contribution in [3.63, 3.8) is 0 Å². The number of hydrogen-bond acceptors (Lipinski definition) is 6. The van der Waals surface area contributed by atoms with Crippen molar-refractivity contribution in [1.82, 2.24) is 0 Å². The number of carbonyl (C=O) groups is 1. The number of fused-ring (bicyclic) bond motifs is 1. The molecule has 0 saturated heterocycles. The highest BCUT2D eigenvalue weighted by molar-refractivity contribution is 7.93. The summed E-state index contributed by atoms with van der Waals surface area (Å²) in [7, 11) is -2.14. The molecular weight excluding hydrogens is 476 g/mol. The Kier molecular flexibility index (Phi) is 6.84. The fourth-order valence-electron chi connectivity index (χ4n) is 3.80. The van der Waals surface area contributed by atoms with Gasteiger partial charge in [0.1, 0.15) is 21.7 Å². The first-order chi connectivity index (χ1) is 15.6. The summed E-state index contributed by atoms with van der Waals surface area (Å²) in [5, 5.41) is 0.447. The van der Waals surface area contributed by atoms with E-state index in [9.17, 15) is 13.2 Å². The van der Waals surface area contributed by atoms with Crippen LogP contribution in [0.1, 0.15) is 58.2 Å². The Morgan fingerprint density at radius 3 is 2.35 bits per heavy atom. The molecule has 0 bridgehead atoms. The van der Waals surface area contributed by atoms with Crippen LogP contribution in [0.3, 0.4) is 0 Å². The molecule has 1 atom stereocenters. The van der Waals surface area contributed by atoms with Crippen LogP contribution in [0, 0.1) is 11.8 Å². The first kappa shape index (κ1) is 26.1. The standard InChI is InChI=1S/C26H29ClO6S/c1-24(2,3)33-23(28)16-32-21-13-11-19(27)15-18(21)10-8-17-9-12-20-22(14-17)34(29,30)25(4,5)26(20,6)31-7/h9,11-15H,16H2,1-7H3. The van der Waals surface area contributed by atoms with Crippen molar-refractivity contribution in [2.24, 2.45) is 0 Å². The molecule has 0 saturated carbocycles. The van der Waals surface area contributed by atoms with Crippen molar-refractivity contribution in [2.45, 2.75) is 62.4 Å². The molecule has 2 aromatic rings. The predicted molar refractivity (Wildman–Crippen MR) is 131 cm³/mol. The van der Waals surface area contributed by atoms with E-state index in [1.54, 1.807) is 77.9 Å². The number of halogens is 1. The number of esters is 1. The van der Waals surface area contributed by atoms with Gasteiger partial charge < -0.3 is 14.2 Å². The average Bonchev–Trinajstić information content (AvgIpc) is 2.85. The second-order valence-electron chi connectivity index (χ2n) is 9.73. The molecule has 6 nitrogen and oxygen atoms in total. The molecule has 1 heterocycles. The van der Waals surface area contributed by atoms with Gasteiger partial charge in [-0.15, -0.1) is 0 Å². The Balaban J connectivity index is 1.94. The van der Waals surface area contributed by atoms with E-state index in [1.165, 1.54) is 7.11 Å². The van der Waals surface area contributed by atoms with Crippen molar-refractivity contribution >= 4 is 27.4 Å². The maximum atomic E-state index is 13.2. The molecule has 1 aliphatic heterocycles. The third-order valence-electron chi connectivity index (χ3n) is 6.06. The third-order valence-corrected chi connectivity index (χ3v) is 8.95. The van der Waals surface area contributed by atoms with Gasteiger partial charge in [-0.05, 0) is 71.9 Å². The van der Waals surface area contributed by atoms with Crippen molar-refractivity contribution in [2.75, 3.05) is 13.7 Å². The average molecular weight is 505 g/mol. The minimum atomic E-state index is -3.65. The van der Waals surface area contributed by atoms with E-state index >= 15 is 0 Å². The molecule has 8 heteroatoms. The monoisotopic (exact) mass is 504 g/mol. The highest BCUT2D eigenvalue weighted by Crippen LogP contribution is 2.52. The molecular formula is C26H29ClO6S. The van der Waals surface area contributed by atoms with Gasteiger partial charge in [0, 0.05) is 23.3 Å². The van der Waals surface area contributed by atoms with E-state index in [4.69, 9.17) is 25.8 Å². The largest absolute Gasteiger partial charge is 0.481 e. The van der Waals surface area contributed by atoms with E-state index in [0.29, 0.717) is 27.5 Å². The SMILES string of the molecule is COC1(C)c2ccc(C#Cc3cc(Cl)ccc3OCC(=O)OC(C)(C)C)cc2S(=O)(=O)C1(C)C. The maximum absolute atomic E-state index is 13.2. The molecule has 0 aromatic heterocycles. The highest BCUT2D eigenvalue weighted by Gasteiger charge is 2.60. The van der Waals surface area contributed by atoms with E-state index in [-0.39, 0.29) is 11.5 Å². The van der Waals surface area contributed by atoms with Crippen LogP contribution in [0.5, 0.6) is 5.75 Å². The molecule has 0 spiro atoms. The molecule has 3 rings (SSSR count). The van der Waals surface area contributed by atoms with E-state index < -0.39 is 31.8 Å². The van der Waals surface area contributed by atoms with Gasteiger partial charge in [0.25, 0.3) is 0 Å². The van der Waals surface area contributed by atoms with Gasteiger partial charge in [0.2, 0.25) is 0 Å². The molecule has 0 fully saturated rings. The predicted octanol–water partition coefficient (Wildman–Crippen LogP) is 4.89. The van der Waals surface area contributed by atoms with E-state index in [1.807, 2.05) is 0 Å². The van der Waals surface area contributed by atoms with Gasteiger partial charge in [-0.3, -0.25) is 0 Å². The van der Waals surface area contributed by atoms with Crippen LogP contribution >= 0.6 is 11.6 Å². The topological polar surface area (TPSA) is 78.9 Å². The molecule has 0 radical (unpaired) electrons. The molecule has 1 aliphatic rings. The number of ether oxygens (including phenoxy) is 3. The lowest BCUT2D eigenvalue weighted by Gasteiger charge is -2.35. The fourth-order valence-corrected chi connectivity index (χ4v) is 6.06. The van der Waals surface area contributed by atoms with E-state index in [2.05, 4.69) is 11.8 Å². The lowest BCUT2D eigenvalue weighted by Crippen LogP contribution is -2.46. The zero-order valence-electron chi connectivity index (χ0n) is 20.4. The van der Waals surface area contributed by atoms with Gasteiger partial charge in [-0.25, -0.2) is 13.2 Å². The molecule has 182 valence electrons. The van der Waals surface area contributed by atoms with Crippen LogP contribution in [-0.4, -0.2) is 38.5 Å². The van der Waals surface area contributed by atoms with Crippen molar-refractivity contribution < 1.29 is 27.4 Å². The maximum Gasteiger partial charge on any atom is 0.344 e. The molecule has 1 unspecified atom stereocenters. The molecule has 0 N–H and O–H groups in total. The Morgan fingerprint density at radius 1 is 1.06 bits per heavy atom. The summed E-state index contributed by atoms with van der Waals surface area (Å²) in [5.74, 6) is 5.82. The Labute approximate surface area is 206 Å². The normalized spacial score (nSPS) is 20.1. The summed E-state index contributed by atoms with van der Waals surface area (Å²) in [6, 6.07) is 9.94. The van der Waals surface area contributed by atoms with Crippen LogP contribution in [0.25, 0.3) is 0 Å². The van der Waals surface area contributed by atoms with Gasteiger partial charge in [0.05, 0.1) is 10.5 Å². The Hall–Kier alpha value is -2.53.